The fraction of sp³-hybridized carbons (Fsp3) is 0.353. The topological polar surface area (TPSA) is 54.7 Å². The van der Waals surface area contributed by atoms with Crippen LogP contribution in [0.4, 0.5) is 14.5 Å². The number of para-hydroxylation sites is 2. The van der Waals surface area contributed by atoms with Crippen molar-refractivity contribution >= 4 is 11.6 Å². The van der Waals surface area contributed by atoms with Crippen LogP contribution in [-0.2, 0) is 6.54 Å². The number of likely N-dealkylation sites (tertiary alicyclic amines) is 1. The average Bonchev–Trinajstić information content (AvgIpc) is 3.21. The van der Waals surface area contributed by atoms with Gasteiger partial charge in [0.25, 0.3) is 5.91 Å². The SMILES string of the molecule is O=C(Nc1ccccc1OC(F)F)c1ccc(CN2CCCC2)o1. The van der Waals surface area contributed by atoms with Crippen LogP contribution in [0.3, 0.4) is 0 Å². The second-order valence-electron chi connectivity index (χ2n) is 5.58. The number of benzene rings is 1. The Morgan fingerprint density at radius 3 is 2.71 bits per heavy atom. The Balaban J connectivity index is 1.66. The van der Waals surface area contributed by atoms with Crippen molar-refractivity contribution in [2.24, 2.45) is 0 Å². The molecule has 5 nitrogen and oxygen atoms in total. The largest absolute Gasteiger partial charge is 0.455 e. The summed E-state index contributed by atoms with van der Waals surface area (Å²) >= 11 is 0. The number of ether oxygens (including phenoxy) is 1. The van der Waals surface area contributed by atoms with Crippen LogP contribution in [0.25, 0.3) is 0 Å². The molecule has 0 bridgehead atoms. The number of alkyl halides is 2. The zero-order valence-electron chi connectivity index (χ0n) is 13.0. The summed E-state index contributed by atoms with van der Waals surface area (Å²) in [5, 5.41) is 2.53. The Kier molecular flexibility index (Phi) is 5.10. The lowest BCUT2D eigenvalue weighted by Crippen LogP contribution is -2.18. The molecule has 1 saturated heterocycles. The Morgan fingerprint density at radius 1 is 1.21 bits per heavy atom. The predicted molar refractivity (Wildman–Crippen MR) is 84.2 cm³/mol. The molecule has 1 fully saturated rings. The van der Waals surface area contributed by atoms with Gasteiger partial charge in [-0.3, -0.25) is 9.69 Å². The molecule has 1 aromatic heterocycles. The molecule has 0 saturated carbocycles. The maximum atomic E-state index is 12.4. The highest BCUT2D eigenvalue weighted by atomic mass is 19.3. The zero-order chi connectivity index (χ0) is 16.9. The summed E-state index contributed by atoms with van der Waals surface area (Å²) in [6, 6.07) is 9.36. The molecule has 7 heteroatoms. The van der Waals surface area contributed by atoms with Crippen molar-refractivity contribution in [3.63, 3.8) is 0 Å². The first-order chi connectivity index (χ1) is 11.6. The lowest BCUT2D eigenvalue weighted by Gasteiger charge is -2.12. The fourth-order valence-electron chi connectivity index (χ4n) is 2.70. The summed E-state index contributed by atoms with van der Waals surface area (Å²) in [6.07, 6.45) is 2.35. The summed E-state index contributed by atoms with van der Waals surface area (Å²) in [6.45, 7) is -0.238. The number of amides is 1. The van der Waals surface area contributed by atoms with Crippen LogP contribution in [-0.4, -0.2) is 30.5 Å². The normalized spacial score (nSPS) is 15.0. The zero-order valence-corrected chi connectivity index (χ0v) is 13.0. The van der Waals surface area contributed by atoms with Crippen molar-refractivity contribution in [1.82, 2.24) is 4.90 Å². The predicted octanol–water partition coefficient (Wildman–Crippen LogP) is 3.73. The van der Waals surface area contributed by atoms with E-state index in [1.165, 1.54) is 25.0 Å². The Morgan fingerprint density at radius 2 is 1.96 bits per heavy atom. The van der Waals surface area contributed by atoms with Crippen molar-refractivity contribution in [2.75, 3.05) is 18.4 Å². The van der Waals surface area contributed by atoms with Gasteiger partial charge < -0.3 is 14.5 Å². The van der Waals surface area contributed by atoms with E-state index >= 15 is 0 Å². The van der Waals surface area contributed by atoms with Gasteiger partial charge in [0.05, 0.1) is 12.2 Å². The molecule has 0 unspecified atom stereocenters. The van der Waals surface area contributed by atoms with Gasteiger partial charge in [-0.1, -0.05) is 12.1 Å². The number of carbonyl (C=O) groups is 1. The average molecular weight is 336 g/mol. The van der Waals surface area contributed by atoms with Crippen molar-refractivity contribution in [3.05, 3.63) is 47.9 Å². The lowest BCUT2D eigenvalue weighted by molar-refractivity contribution is -0.0493. The Labute approximate surface area is 138 Å². The number of furan rings is 1. The number of anilines is 1. The minimum Gasteiger partial charge on any atom is -0.455 e. The van der Waals surface area contributed by atoms with Crippen molar-refractivity contribution in [1.29, 1.82) is 0 Å². The summed E-state index contributed by atoms with van der Waals surface area (Å²) < 4.78 is 34.7. The van der Waals surface area contributed by atoms with E-state index in [4.69, 9.17) is 4.42 Å². The first-order valence-corrected chi connectivity index (χ1v) is 7.78. The van der Waals surface area contributed by atoms with Gasteiger partial charge in [-0.05, 0) is 50.2 Å². The maximum absolute atomic E-state index is 12.4. The van der Waals surface area contributed by atoms with Gasteiger partial charge in [0.1, 0.15) is 11.5 Å². The van der Waals surface area contributed by atoms with Crippen LogP contribution in [0.15, 0.2) is 40.8 Å². The first-order valence-electron chi connectivity index (χ1n) is 7.78. The van der Waals surface area contributed by atoms with Crippen LogP contribution in [0, 0.1) is 0 Å². The molecule has 0 aliphatic carbocycles. The molecule has 1 aliphatic rings. The number of halogens is 2. The lowest BCUT2D eigenvalue weighted by atomic mass is 10.3. The van der Waals surface area contributed by atoms with Crippen molar-refractivity contribution in [2.45, 2.75) is 26.0 Å². The standard InChI is InChI=1S/C17H18F2N2O3/c18-17(19)24-14-6-2-1-5-13(14)20-16(22)15-8-7-12(23-15)11-21-9-3-4-10-21/h1-2,5-8,17H,3-4,9-11H2,(H,20,22). The summed E-state index contributed by atoms with van der Waals surface area (Å²) in [5.41, 5.74) is 0.167. The van der Waals surface area contributed by atoms with E-state index < -0.39 is 12.5 Å². The maximum Gasteiger partial charge on any atom is 0.387 e. The number of hydrogen-bond acceptors (Lipinski definition) is 4. The minimum absolute atomic E-state index is 0.0929. The van der Waals surface area contributed by atoms with E-state index in [9.17, 15) is 13.6 Å². The van der Waals surface area contributed by atoms with Crippen molar-refractivity contribution in [3.8, 4) is 5.75 Å². The molecule has 128 valence electrons. The third kappa shape index (κ3) is 4.11. The second kappa shape index (κ2) is 7.44. The molecular formula is C17H18F2N2O3. The highest BCUT2D eigenvalue weighted by Crippen LogP contribution is 2.26. The smallest absolute Gasteiger partial charge is 0.387 e. The quantitative estimate of drug-likeness (QED) is 0.873. The molecule has 24 heavy (non-hydrogen) atoms. The molecule has 1 N–H and O–H groups in total. The molecule has 1 aliphatic heterocycles. The number of nitrogens with zero attached hydrogens (tertiary/aromatic N) is 1. The third-order valence-corrected chi connectivity index (χ3v) is 3.81. The molecule has 2 aromatic rings. The van der Waals surface area contributed by atoms with E-state index in [0.29, 0.717) is 12.3 Å². The van der Waals surface area contributed by atoms with E-state index in [1.807, 2.05) is 0 Å². The Bertz CT molecular complexity index is 697. The van der Waals surface area contributed by atoms with Crippen LogP contribution in [0.5, 0.6) is 5.75 Å². The van der Waals surface area contributed by atoms with Gasteiger partial charge in [-0.2, -0.15) is 8.78 Å². The van der Waals surface area contributed by atoms with Crippen LogP contribution in [0.2, 0.25) is 0 Å². The molecule has 0 atom stereocenters. The third-order valence-electron chi connectivity index (χ3n) is 3.81. The van der Waals surface area contributed by atoms with E-state index in [-0.39, 0.29) is 17.2 Å². The minimum atomic E-state index is -2.96. The van der Waals surface area contributed by atoms with Gasteiger partial charge in [0, 0.05) is 0 Å². The number of rotatable bonds is 6. The van der Waals surface area contributed by atoms with Gasteiger partial charge >= 0.3 is 6.61 Å². The highest BCUT2D eigenvalue weighted by molar-refractivity contribution is 6.03. The van der Waals surface area contributed by atoms with Gasteiger partial charge in [0.15, 0.2) is 5.76 Å². The molecule has 0 spiro atoms. The fourth-order valence-corrected chi connectivity index (χ4v) is 2.70. The highest BCUT2D eigenvalue weighted by Gasteiger charge is 2.17. The number of hydrogen-bond donors (Lipinski definition) is 1. The molecule has 1 aromatic carbocycles. The van der Waals surface area contributed by atoms with E-state index in [0.717, 1.165) is 13.1 Å². The van der Waals surface area contributed by atoms with Crippen molar-refractivity contribution < 1.29 is 22.7 Å². The van der Waals surface area contributed by atoms with Crippen LogP contribution >= 0.6 is 0 Å². The molecule has 2 heterocycles. The second-order valence-corrected chi connectivity index (χ2v) is 5.58. The van der Waals surface area contributed by atoms with Gasteiger partial charge in [0.2, 0.25) is 0 Å². The van der Waals surface area contributed by atoms with Gasteiger partial charge in [-0.25, -0.2) is 0 Å². The number of nitrogens with one attached hydrogen (secondary N) is 1. The van der Waals surface area contributed by atoms with E-state index in [1.54, 1.807) is 24.3 Å². The van der Waals surface area contributed by atoms with Gasteiger partial charge in [-0.15, -0.1) is 0 Å². The van der Waals surface area contributed by atoms with E-state index in [2.05, 4.69) is 15.0 Å². The monoisotopic (exact) mass is 336 g/mol. The van der Waals surface area contributed by atoms with Crippen LogP contribution < -0.4 is 10.1 Å². The molecule has 0 radical (unpaired) electrons. The molecule has 3 rings (SSSR count). The number of carbonyl (C=O) groups excluding carboxylic acids is 1. The molecule has 1 amide bonds. The molecular weight excluding hydrogens is 318 g/mol. The van der Waals surface area contributed by atoms with Crippen LogP contribution in [0.1, 0.15) is 29.2 Å². The summed E-state index contributed by atoms with van der Waals surface area (Å²) in [7, 11) is 0. The Hall–Kier alpha value is -2.41. The summed E-state index contributed by atoms with van der Waals surface area (Å²) in [5.74, 6) is 0.243. The summed E-state index contributed by atoms with van der Waals surface area (Å²) in [4.78, 5) is 14.5. The first kappa shape index (κ1) is 16.4.